The van der Waals surface area contributed by atoms with Crippen molar-refractivity contribution < 1.29 is 18.3 Å². The van der Waals surface area contributed by atoms with Crippen LogP contribution >= 0.6 is 0 Å². The summed E-state index contributed by atoms with van der Waals surface area (Å²) in [5.41, 5.74) is 1.00. The molecule has 0 saturated heterocycles. The van der Waals surface area contributed by atoms with Gasteiger partial charge in [-0.05, 0) is 30.3 Å². The molecule has 0 aliphatic carbocycles. The van der Waals surface area contributed by atoms with Crippen molar-refractivity contribution in [3.05, 3.63) is 36.5 Å². The van der Waals surface area contributed by atoms with Gasteiger partial charge in [0.15, 0.2) is 0 Å². The molecule has 0 saturated carbocycles. The van der Waals surface area contributed by atoms with Gasteiger partial charge in [0.05, 0.1) is 5.39 Å². The van der Waals surface area contributed by atoms with E-state index in [2.05, 4.69) is 25.6 Å². The molecule has 23 heavy (non-hydrogen) atoms. The van der Waals surface area contributed by atoms with Crippen LogP contribution in [0.3, 0.4) is 0 Å². The summed E-state index contributed by atoms with van der Waals surface area (Å²) in [6.07, 6.45) is -2.78. The summed E-state index contributed by atoms with van der Waals surface area (Å²) in [5, 5.41) is 14.9. The fourth-order valence-corrected chi connectivity index (χ4v) is 1.99. The lowest BCUT2D eigenvalue weighted by atomic mass is 10.3. The number of aromatic hydroxyl groups is 1. The fraction of sp³-hybridized carbons (Fsp3) is 0.143. The third-order valence-electron chi connectivity index (χ3n) is 3.00. The van der Waals surface area contributed by atoms with Crippen LogP contribution in [0.4, 0.5) is 30.6 Å². The lowest BCUT2D eigenvalue weighted by Crippen LogP contribution is -2.22. The first-order valence-corrected chi connectivity index (χ1v) is 6.62. The molecule has 0 unspecified atom stereocenters. The number of H-pyrrole nitrogens is 1. The molecular weight excluding hydrogens is 311 g/mol. The van der Waals surface area contributed by atoms with Crippen LogP contribution in [0.25, 0.3) is 11.0 Å². The zero-order valence-corrected chi connectivity index (χ0v) is 11.6. The predicted octanol–water partition coefficient (Wildman–Crippen LogP) is 3.38. The van der Waals surface area contributed by atoms with Crippen LogP contribution in [0.1, 0.15) is 0 Å². The van der Waals surface area contributed by atoms with Gasteiger partial charge in [0.1, 0.15) is 23.8 Å². The summed E-state index contributed by atoms with van der Waals surface area (Å²) in [6, 6.07) is 7.73. The summed E-state index contributed by atoms with van der Waals surface area (Å²) >= 11 is 0. The molecule has 0 aliphatic rings. The quantitative estimate of drug-likeness (QED) is 0.553. The zero-order valence-electron chi connectivity index (χ0n) is 11.6. The minimum atomic E-state index is -4.35. The number of nitrogens with zero attached hydrogens (tertiary/aromatic N) is 2. The summed E-state index contributed by atoms with van der Waals surface area (Å²) in [4.78, 5) is 11.1. The van der Waals surface area contributed by atoms with Crippen LogP contribution in [0.2, 0.25) is 0 Å². The minimum absolute atomic E-state index is 0.0786. The molecule has 3 aromatic rings. The third kappa shape index (κ3) is 3.62. The normalized spacial score (nSPS) is 11.6. The van der Waals surface area contributed by atoms with E-state index in [-0.39, 0.29) is 17.5 Å². The minimum Gasteiger partial charge on any atom is -0.508 e. The molecule has 120 valence electrons. The fourth-order valence-electron chi connectivity index (χ4n) is 1.99. The number of rotatable bonds is 4. The Bertz CT molecular complexity index is 813. The molecule has 0 spiro atoms. The molecule has 0 amide bonds. The third-order valence-corrected chi connectivity index (χ3v) is 3.00. The van der Waals surface area contributed by atoms with E-state index in [1.807, 2.05) is 0 Å². The van der Waals surface area contributed by atoms with Gasteiger partial charge < -0.3 is 20.7 Å². The second-order valence-corrected chi connectivity index (χ2v) is 4.78. The van der Waals surface area contributed by atoms with Crippen molar-refractivity contribution in [3.8, 4) is 5.75 Å². The van der Waals surface area contributed by atoms with E-state index in [9.17, 15) is 18.3 Å². The summed E-state index contributed by atoms with van der Waals surface area (Å²) < 4.78 is 37.2. The number of benzene rings is 1. The van der Waals surface area contributed by atoms with Crippen LogP contribution in [0.15, 0.2) is 36.5 Å². The number of phenolic OH excluding ortho intramolecular Hbond substituents is 1. The number of hydrogen-bond donors (Lipinski definition) is 4. The molecule has 0 radical (unpaired) electrons. The number of aromatic amines is 1. The Balaban J connectivity index is 1.90. The number of nitrogens with one attached hydrogen (secondary N) is 3. The highest BCUT2D eigenvalue weighted by molar-refractivity contribution is 5.88. The average molecular weight is 323 g/mol. The molecule has 9 heteroatoms. The van der Waals surface area contributed by atoms with E-state index < -0.39 is 12.7 Å². The van der Waals surface area contributed by atoms with Gasteiger partial charge in [-0.15, -0.1) is 0 Å². The van der Waals surface area contributed by atoms with E-state index in [1.165, 1.54) is 12.1 Å². The van der Waals surface area contributed by atoms with Crippen LogP contribution in [-0.2, 0) is 0 Å². The van der Waals surface area contributed by atoms with E-state index in [1.54, 1.807) is 24.4 Å². The van der Waals surface area contributed by atoms with Crippen molar-refractivity contribution in [2.75, 3.05) is 17.2 Å². The van der Waals surface area contributed by atoms with Gasteiger partial charge in [0.2, 0.25) is 5.95 Å². The lowest BCUT2D eigenvalue weighted by molar-refractivity contribution is -0.115. The van der Waals surface area contributed by atoms with Gasteiger partial charge in [0.25, 0.3) is 0 Å². The first-order valence-electron chi connectivity index (χ1n) is 6.62. The summed E-state index contributed by atoms with van der Waals surface area (Å²) in [7, 11) is 0. The van der Waals surface area contributed by atoms with Crippen LogP contribution in [0.5, 0.6) is 5.75 Å². The first kappa shape index (κ1) is 14.9. The largest absolute Gasteiger partial charge is 0.508 e. The molecule has 4 N–H and O–H groups in total. The first-order chi connectivity index (χ1) is 10.9. The molecule has 0 atom stereocenters. The highest BCUT2D eigenvalue weighted by atomic mass is 19.4. The van der Waals surface area contributed by atoms with Gasteiger partial charge in [-0.1, -0.05) is 0 Å². The van der Waals surface area contributed by atoms with E-state index in [4.69, 9.17) is 0 Å². The topological polar surface area (TPSA) is 85.9 Å². The molecule has 0 fully saturated rings. The Kier molecular flexibility index (Phi) is 3.68. The highest BCUT2D eigenvalue weighted by Crippen LogP contribution is 2.25. The molecule has 2 aromatic heterocycles. The number of halogens is 3. The Labute approximate surface area is 128 Å². The molecule has 1 aromatic carbocycles. The van der Waals surface area contributed by atoms with Crippen LogP contribution < -0.4 is 10.6 Å². The maximum Gasteiger partial charge on any atom is 0.405 e. The Morgan fingerprint density at radius 3 is 2.52 bits per heavy atom. The number of alkyl halides is 3. The number of fused-ring (bicyclic) bond motifs is 1. The van der Waals surface area contributed by atoms with Crippen molar-refractivity contribution >= 4 is 28.5 Å². The Morgan fingerprint density at radius 1 is 1.09 bits per heavy atom. The van der Waals surface area contributed by atoms with Gasteiger partial charge in [-0.3, -0.25) is 0 Å². The van der Waals surface area contributed by atoms with Crippen molar-refractivity contribution in [2.45, 2.75) is 6.18 Å². The smallest absolute Gasteiger partial charge is 0.405 e. The number of aromatic nitrogens is 3. The SMILES string of the molecule is Oc1ccc(Nc2nc(NCC(F)(F)F)c3cc[nH]c3n2)cc1. The molecule has 2 heterocycles. The molecule has 0 aliphatic heterocycles. The number of hydrogen-bond acceptors (Lipinski definition) is 5. The Morgan fingerprint density at radius 2 is 1.83 bits per heavy atom. The van der Waals surface area contributed by atoms with Crippen molar-refractivity contribution in [2.24, 2.45) is 0 Å². The van der Waals surface area contributed by atoms with E-state index >= 15 is 0 Å². The average Bonchev–Trinajstić information content (AvgIpc) is 2.95. The monoisotopic (exact) mass is 323 g/mol. The van der Waals surface area contributed by atoms with Gasteiger partial charge in [0, 0.05) is 11.9 Å². The van der Waals surface area contributed by atoms with Crippen LogP contribution in [0, 0.1) is 0 Å². The highest BCUT2D eigenvalue weighted by Gasteiger charge is 2.27. The van der Waals surface area contributed by atoms with Gasteiger partial charge >= 0.3 is 6.18 Å². The summed E-state index contributed by atoms with van der Waals surface area (Å²) in [5.74, 6) is 0.314. The Hall–Kier alpha value is -2.97. The second-order valence-electron chi connectivity index (χ2n) is 4.78. The maximum absolute atomic E-state index is 12.4. The van der Waals surface area contributed by atoms with Crippen molar-refractivity contribution in [1.29, 1.82) is 0 Å². The molecule has 6 nitrogen and oxygen atoms in total. The van der Waals surface area contributed by atoms with Gasteiger partial charge in [-0.2, -0.15) is 23.1 Å². The van der Waals surface area contributed by atoms with Crippen molar-refractivity contribution in [1.82, 2.24) is 15.0 Å². The predicted molar refractivity (Wildman–Crippen MR) is 79.8 cm³/mol. The summed E-state index contributed by atoms with van der Waals surface area (Å²) in [6.45, 7) is -1.19. The molecular formula is C14H12F3N5O. The zero-order chi connectivity index (χ0) is 16.4. The van der Waals surface area contributed by atoms with E-state index in [0.29, 0.717) is 16.7 Å². The van der Waals surface area contributed by atoms with Crippen LogP contribution in [-0.4, -0.2) is 32.8 Å². The maximum atomic E-state index is 12.4. The van der Waals surface area contributed by atoms with Crippen molar-refractivity contribution in [3.63, 3.8) is 0 Å². The van der Waals surface area contributed by atoms with Gasteiger partial charge in [-0.25, -0.2) is 0 Å². The molecule has 3 rings (SSSR count). The number of phenols is 1. The standard InChI is InChI=1S/C14H12F3N5O/c15-14(16,17)7-19-12-10-5-6-18-11(10)21-13(22-12)20-8-1-3-9(23)4-2-8/h1-6,23H,7H2,(H3,18,19,20,21,22). The molecule has 0 bridgehead atoms. The van der Waals surface area contributed by atoms with E-state index in [0.717, 1.165) is 0 Å². The lowest BCUT2D eigenvalue weighted by Gasteiger charge is -2.11. The number of anilines is 3. The second kappa shape index (κ2) is 5.67.